The van der Waals surface area contributed by atoms with Gasteiger partial charge in [-0.25, -0.2) is 0 Å². The van der Waals surface area contributed by atoms with Gasteiger partial charge in [-0.3, -0.25) is 9.69 Å². The summed E-state index contributed by atoms with van der Waals surface area (Å²) in [5.41, 5.74) is 11.6. The number of rotatable bonds is 5. The molecule has 1 saturated heterocycles. The van der Waals surface area contributed by atoms with Crippen molar-refractivity contribution < 1.29 is 9.53 Å². The van der Waals surface area contributed by atoms with Crippen LogP contribution < -0.4 is 16.2 Å². The summed E-state index contributed by atoms with van der Waals surface area (Å²) in [4.78, 5) is 13.4. The Kier molecular flexibility index (Phi) is 5.61. The molecule has 1 aromatic carbocycles. The second kappa shape index (κ2) is 7.67. The molecule has 0 aliphatic carbocycles. The molecule has 1 aromatic rings. The molecule has 1 aliphatic heterocycles. The second-order valence-electron chi connectivity index (χ2n) is 4.98. The molecule has 112 valence electrons. The number of carbonyl (C=O) groups is 1. The number of nitrogens with zero attached hydrogens (tertiary/aromatic N) is 1. The highest BCUT2D eigenvalue weighted by Gasteiger charge is 2.28. The largest absolute Gasteiger partial charge is 0.492 e. The molecular formula is C16H21N3O2. The van der Waals surface area contributed by atoms with Gasteiger partial charge < -0.3 is 16.2 Å². The van der Waals surface area contributed by atoms with Gasteiger partial charge in [0.05, 0.1) is 12.6 Å². The predicted octanol–water partition coefficient (Wildman–Crippen LogP) is 0.325. The van der Waals surface area contributed by atoms with Crippen molar-refractivity contribution in [3.05, 3.63) is 29.8 Å². The van der Waals surface area contributed by atoms with Gasteiger partial charge in [-0.2, -0.15) is 0 Å². The van der Waals surface area contributed by atoms with Crippen LogP contribution in [-0.4, -0.2) is 43.1 Å². The molecule has 1 heterocycles. The van der Waals surface area contributed by atoms with Crippen LogP contribution in [0.15, 0.2) is 24.3 Å². The fraction of sp³-hybridized carbons (Fsp3) is 0.438. The van der Waals surface area contributed by atoms with Crippen LogP contribution in [0.1, 0.15) is 18.4 Å². The van der Waals surface area contributed by atoms with Gasteiger partial charge in [-0.1, -0.05) is 11.8 Å². The van der Waals surface area contributed by atoms with Crippen LogP contribution in [-0.2, 0) is 4.79 Å². The summed E-state index contributed by atoms with van der Waals surface area (Å²) in [5.74, 6) is 6.32. The highest BCUT2D eigenvalue weighted by Crippen LogP contribution is 2.17. The van der Waals surface area contributed by atoms with Gasteiger partial charge in [0.15, 0.2) is 0 Å². The molecule has 5 heteroatoms. The van der Waals surface area contributed by atoms with Gasteiger partial charge in [-0.15, -0.1) is 0 Å². The van der Waals surface area contributed by atoms with Crippen LogP contribution in [0.5, 0.6) is 5.75 Å². The Morgan fingerprint density at radius 3 is 2.81 bits per heavy atom. The van der Waals surface area contributed by atoms with E-state index in [1.54, 1.807) is 0 Å². The van der Waals surface area contributed by atoms with E-state index in [-0.39, 0.29) is 11.9 Å². The molecule has 0 aromatic heterocycles. The third-order valence-corrected chi connectivity index (χ3v) is 3.53. The number of likely N-dealkylation sites (tertiary alicyclic amines) is 1. The summed E-state index contributed by atoms with van der Waals surface area (Å²) in [5, 5.41) is 0. The molecule has 1 aliphatic rings. The van der Waals surface area contributed by atoms with E-state index >= 15 is 0 Å². The van der Waals surface area contributed by atoms with Crippen LogP contribution in [0.3, 0.4) is 0 Å². The quantitative estimate of drug-likeness (QED) is 0.764. The minimum Gasteiger partial charge on any atom is -0.492 e. The first-order chi connectivity index (χ1) is 10.2. The summed E-state index contributed by atoms with van der Waals surface area (Å²) >= 11 is 0. The molecule has 0 radical (unpaired) electrons. The highest BCUT2D eigenvalue weighted by atomic mass is 16.5. The third-order valence-electron chi connectivity index (χ3n) is 3.53. The Morgan fingerprint density at radius 1 is 1.38 bits per heavy atom. The smallest absolute Gasteiger partial charge is 0.234 e. The maximum Gasteiger partial charge on any atom is 0.234 e. The molecule has 0 spiro atoms. The molecule has 1 atom stereocenters. The summed E-state index contributed by atoms with van der Waals surface area (Å²) in [6, 6.07) is 7.44. The molecular weight excluding hydrogens is 266 g/mol. The van der Waals surface area contributed by atoms with E-state index in [4.69, 9.17) is 16.2 Å². The number of nitrogens with two attached hydrogens (primary N) is 2. The number of benzene rings is 1. The summed E-state index contributed by atoms with van der Waals surface area (Å²) in [6.07, 6.45) is 1.87. The molecule has 1 fully saturated rings. The van der Waals surface area contributed by atoms with Crippen LogP contribution in [0.4, 0.5) is 0 Å². The van der Waals surface area contributed by atoms with Crippen molar-refractivity contribution in [3.8, 4) is 17.6 Å². The molecule has 0 saturated carbocycles. The van der Waals surface area contributed by atoms with E-state index in [1.807, 2.05) is 24.3 Å². The third kappa shape index (κ3) is 4.48. The summed E-state index contributed by atoms with van der Waals surface area (Å²) in [6.45, 7) is 2.51. The Labute approximate surface area is 125 Å². The Balaban J connectivity index is 1.79. The van der Waals surface area contributed by atoms with E-state index < -0.39 is 0 Å². The molecule has 1 unspecified atom stereocenters. The van der Waals surface area contributed by atoms with Crippen molar-refractivity contribution in [2.45, 2.75) is 18.9 Å². The number of primary amides is 1. The molecule has 21 heavy (non-hydrogen) atoms. The zero-order valence-corrected chi connectivity index (χ0v) is 12.0. The first-order valence-corrected chi connectivity index (χ1v) is 7.16. The number of hydrogen-bond acceptors (Lipinski definition) is 4. The zero-order chi connectivity index (χ0) is 15.1. The van der Waals surface area contributed by atoms with E-state index in [1.165, 1.54) is 0 Å². The first-order valence-electron chi connectivity index (χ1n) is 7.16. The lowest BCUT2D eigenvalue weighted by Crippen LogP contribution is -2.42. The molecule has 1 amide bonds. The van der Waals surface area contributed by atoms with E-state index in [2.05, 4.69) is 16.7 Å². The van der Waals surface area contributed by atoms with Crippen molar-refractivity contribution in [1.82, 2.24) is 4.90 Å². The van der Waals surface area contributed by atoms with Gasteiger partial charge in [0.25, 0.3) is 0 Å². The predicted molar refractivity (Wildman–Crippen MR) is 81.7 cm³/mol. The number of amides is 1. The fourth-order valence-electron chi connectivity index (χ4n) is 2.48. The Bertz CT molecular complexity index is 531. The summed E-state index contributed by atoms with van der Waals surface area (Å²) in [7, 11) is 0. The van der Waals surface area contributed by atoms with Crippen molar-refractivity contribution >= 4 is 5.91 Å². The van der Waals surface area contributed by atoms with Crippen LogP contribution in [0.2, 0.25) is 0 Å². The molecule has 2 rings (SSSR count). The Morgan fingerprint density at radius 2 is 2.14 bits per heavy atom. The van der Waals surface area contributed by atoms with Gasteiger partial charge in [-0.05, 0) is 43.7 Å². The molecule has 0 bridgehead atoms. The number of hydrogen-bond donors (Lipinski definition) is 2. The molecule has 5 nitrogen and oxygen atoms in total. The van der Waals surface area contributed by atoms with E-state index in [0.717, 1.165) is 30.7 Å². The van der Waals surface area contributed by atoms with Gasteiger partial charge in [0.1, 0.15) is 12.4 Å². The number of ether oxygens (including phenoxy) is 1. The first kappa shape index (κ1) is 15.4. The van der Waals surface area contributed by atoms with Gasteiger partial charge in [0, 0.05) is 12.1 Å². The van der Waals surface area contributed by atoms with E-state index in [0.29, 0.717) is 19.7 Å². The van der Waals surface area contributed by atoms with Crippen LogP contribution >= 0.6 is 0 Å². The average Bonchev–Trinajstić information content (AvgIpc) is 2.95. The van der Waals surface area contributed by atoms with Crippen molar-refractivity contribution in [3.63, 3.8) is 0 Å². The van der Waals surface area contributed by atoms with Gasteiger partial charge in [0.2, 0.25) is 5.91 Å². The standard InChI is InChI=1S/C16H21N3O2/c17-9-1-3-13-5-7-14(8-6-13)21-12-11-19-10-2-4-15(19)16(18)20/h5-8,15H,2,4,9-12,17H2,(H2,18,20). The minimum absolute atomic E-state index is 0.137. The second-order valence-corrected chi connectivity index (χ2v) is 4.98. The monoisotopic (exact) mass is 287 g/mol. The average molecular weight is 287 g/mol. The normalized spacial score (nSPS) is 18.0. The lowest BCUT2D eigenvalue weighted by Gasteiger charge is -2.21. The minimum atomic E-state index is -0.240. The maximum absolute atomic E-state index is 11.3. The lowest BCUT2D eigenvalue weighted by atomic mass is 10.2. The van der Waals surface area contributed by atoms with E-state index in [9.17, 15) is 4.79 Å². The summed E-state index contributed by atoms with van der Waals surface area (Å²) < 4.78 is 5.69. The fourth-order valence-corrected chi connectivity index (χ4v) is 2.48. The van der Waals surface area contributed by atoms with Crippen molar-refractivity contribution in [2.75, 3.05) is 26.2 Å². The number of carbonyl (C=O) groups excluding carboxylic acids is 1. The van der Waals surface area contributed by atoms with Crippen molar-refractivity contribution in [1.29, 1.82) is 0 Å². The lowest BCUT2D eigenvalue weighted by molar-refractivity contribution is -0.122. The zero-order valence-electron chi connectivity index (χ0n) is 12.0. The van der Waals surface area contributed by atoms with Gasteiger partial charge >= 0.3 is 0 Å². The molecule has 4 N–H and O–H groups in total. The SMILES string of the molecule is NCC#Cc1ccc(OCCN2CCCC2C(N)=O)cc1. The highest BCUT2D eigenvalue weighted by molar-refractivity contribution is 5.80. The van der Waals surface area contributed by atoms with Crippen molar-refractivity contribution in [2.24, 2.45) is 11.5 Å². The van der Waals surface area contributed by atoms with Crippen LogP contribution in [0, 0.1) is 11.8 Å². The topological polar surface area (TPSA) is 81.6 Å². The Hall–Kier alpha value is -2.03. The maximum atomic E-state index is 11.3. The van der Waals surface area contributed by atoms with Crippen LogP contribution in [0.25, 0.3) is 0 Å².